The number of hydrogen-bond donors (Lipinski definition) is 2. The van der Waals surface area contributed by atoms with Gasteiger partial charge in [-0.15, -0.1) is 0 Å². The monoisotopic (exact) mass is 299 g/mol. The van der Waals surface area contributed by atoms with E-state index in [9.17, 15) is 0 Å². The second-order valence-corrected chi connectivity index (χ2v) is 6.21. The van der Waals surface area contributed by atoms with E-state index in [2.05, 4.69) is 36.6 Å². The van der Waals surface area contributed by atoms with Gasteiger partial charge in [-0.05, 0) is 6.42 Å². The molecular weight excluding hydrogens is 286 g/mol. The van der Waals surface area contributed by atoms with Crippen molar-refractivity contribution in [3.05, 3.63) is 23.5 Å². The van der Waals surface area contributed by atoms with Gasteiger partial charge in [-0.25, -0.2) is 15.0 Å². The summed E-state index contributed by atoms with van der Waals surface area (Å²) in [6.45, 7) is 2.02. The van der Waals surface area contributed by atoms with Crippen LogP contribution in [0.2, 0.25) is 0 Å². The maximum atomic E-state index is 8.82. The summed E-state index contributed by atoms with van der Waals surface area (Å²) in [7, 11) is 0. The Kier molecular flexibility index (Phi) is 2.94. The van der Waals surface area contributed by atoms with Crippen LogP contribution in [0.4, 0.5) is 16.8 Å². The van der Waals surface area contributed by atoms with E-state index < -0.39 is 0 Å². The number of rotatable bonds is 3. The number of nitriles is 1. The van der Waals surface area contributed by atoms with Crippen molar-refractivity contribution in [3.63, 3.8) is 0 Å². The van der Waals surface area contributed by atoms with E-state index in [0.717, 1.165) is 18.9 Å². The van der Waals surface area contributed by atoms with Crippen LogP contribution in [0, 0.1) is 11.3 Å². The first kappa shape index (κ1) is 12.5. The van der Waals surface area contributed by atoms with Gasteiger partial charge in [0.25, 0.3) is 0 Å². The summed E-state index contributed by atoms with van der Waals surface area (Å²) >= 11 is 1.31. The van der Waals surface area contributed by atoms with Crippen LogP contribution in [-0.4, -0.2) is 40.1 Å². The molecule has 7 nitrogen and oxygen atoms in total. The number of piperazine rings is 1. The van der Waals surface area contributed by atoms with Crippen LogP contribution in [-0.2, 0) is 0 Å². The quantitative estimate of drug-likeness (QED) is 0.877. The number of nitrogens with zero attached hydrogens (tertiary/aromatic N) is 5. The normalized spacial score (nSPS) is 23.3. The number of aromatic nitrogens is 3. The highest BCUT2D eigenvalue weighted by Crippen LogP contribution is 2.29. The highest BCUT2D eigenvalue weighted by Gasteiger charge is 2.38. The van der Waals surface area contributed by atoms with Crippen molar-refractivity contribution < 1.29 is 0 Å². The summed E-state index contributed by atoms with van der Waals surface area (Å²) < 4.78 is 0. The zero-order valence-corrected chi connectivity index (χ0v) is 12.0. The van der Waals surface area contributed by atoms with Crippen molar-refractivity contribution in [2.75, 3.05) is 23.3 Å². The molecule has 0 aliphatic carbocycles. The maximum Gasteiger partial charge on any atom is 0.189 e. The Balaban J connectivity index is 1.54. The van der Waals surface area contributed by atoms with Crippen molar-refractivity contribution in [3.8, 4) is 6.07 Å². The standard InChI is InChI=1S/C13H13N7S/c14-3-10-5-16-13(21-10)19-11-2-12(18-7-17-11)20-6-8-1-9(20)4-15-8/h2,5,7-9,15H,1,4,6H2,(H,16,17,18,19)/t8-,9-/m0/s1. The maximum absolute atomic E-state index is 8.82. The van der Waals surface area contributed by atoms with Crippen molar-refractivity contribution in [2.45, 2.75) is 18.5 Å². The molecule has 0 amide bonds. The molecule has 2 atom stereocenters. The third-order valence-electron chi connectivity index (χ3n) is 3.85. The molecule has 2 aliphatic heterocycles. The van der Waals surface area contributed by atoms with E-state index in [0.29, 0.717) is 27.9 Å². The zero-order chi connectivity index (χ0) is 14.2. The Bertz CT molecular complexity index is 707. The molecule has 2 aromatic rings. The lowest BCUT2D eigenvalue weighted by molar-refractivity contribution is 0.576. The van der Waals surface area contributed by atoms with Crippen LogP contribution >= 0.6 is 11.3 Å². The molecular formula is C13H13N7S. The number of thiazole rings is 1. The van der Waals surface area contributed by atoms with E-state index in [4.69, 9.17) is 5.26 Å². The number of fused-ring (bicyclic) bond motifs is 2. The second-order valence-electron chi connectivity index (χ2n) is 5.17. The molecule has 21 heavy (non-hydrogen) atoms. The van der Waals surface area contributed by atoms with Crippen molar-refractivity contribution in [1.29, 1.82) is 5.26 Å². The van der Waals surface area contributed by atoms with Gasteiger partial charge in [0, 0.05) is 31.2 Å². The SMILES string of the molecule is N#Cc1cnc(Nc2cc(N3C[C@@H]4C[C@H]3CN4)ncn2)s1. The largest absolute Gasteiger partial charge is 0.351 e. The van der Waals surface area contributed by atoms with E-state index in [-0.39, 0.29) is 0 Å². The Morgan fingerprint density at radius 3 is 3.10 bits per heavy atom. The molecule has 8 heteroatoms. The van der Waals surface area contributed by atoms with Gasteiger partial charge in [0.1, 0.15) is 28.9 Å². The second kappa shape index (κ2) is 4.95. The van der Waals surface area contributed by atoms with E-state index in [1.165, 1.54) is 17.8 Å². The summed E-state index contributed by atoms with van der Waals surface area (Å²) in [5, 5.41) is 16.1. The molecule has 0 saturated carbocycles. The average molecular weight is 299 g/mol. The Labute approximate surface area is 125 Å². The first-order valence-electron chi connectivity index (χ1n) is 6.77. The van der Waals surface area contributed by atoms with E-state index in [1.54, 1.807) is 12.5 Å². The first-order chi connectivity index (χ1) is 10.3. The summed E-state index contributed by atoms with van der Waals surface area (Å²) in [6.07, 6.45) is 4.31. The molecule has 2 aromatic heterocycles. The molecule has 2 N–H and O–H groups in total. The molecule has 2 aliphatic rings. The highest BCUT2D eigenvalue weighted by atomic mass is 32.1. The molecule has 0 aromatic carbocycles. The molecule has 0 spiro atoms. The summed E-state index contributed by atoms with van der Waals surface area (Å²) in [4.78, 5) is 15.7. The van der Waals surface area contributed by atoms with Gasteiger partial charge >= 0.3 is 0 Å². The van der Waals surface area contributed by atoms with Crippen LogP contribution in [0.1, 0.15) is 11.3 Å². The summed E-state index contributed by atoms with van der Waals surface area (Å²) in [6, 6.07) is 5.13. The molecule has 4 rings (SSSR count). The lowest BCUT2D eigenvalue weighted by atomic mass is 10.2. The third-order valence-corrected chi connectivity index (χ3v) is 4.67. The molecule has 2 saturated heterocycles. The number of nitrogens with one attached hydrogen (secondary N) is 2. The van der Waals surface area contributed by atoms with Gasteiger partial charge in [-0.2, -0.15) is 5.26 Å². The Hall–Kier alpha value is -2.24. The number of anilines is 3. The van der Waals surface area contributed by atoms with Gasteiger partial charge in [0.05, 0.1) is 6.20 Å². The fourth-order valence-electron chi connectivity index (χ4n) is 2.91. The highest BCUT2D eigenvalue weighted by molar-refractivity contribution is 7.16. The molecule has 4 heterocycles. The van der Waals surface area contributed by atoms with Gasteiger partial charge < -0.3 is 15.5 Å². The van der Waals surface area contributed by atoms with Crippen molar-refractivity contribution in [1.82, 2.24) is 20.3 Å². The predicted octanol–water partition coefficient (Wildman–Crippen LogP) is 1.10. The predicted molar refractivity (Wildman–Crippen MR) is 79.7 cm³/mol. The Morgan fingerprint density at radius 1 is 1.43 bits per heavy atom. The lowest BCUT2D eigenvalue weighted by Gasteiger charge is -2.28. The van der Waals surface area contributed by atoms with Crippen molar-refractivity contribution >= 4 is 28.1 Å². The van der Waals surface area contributed by atoms with E-state index >= 15 is 0 Å². The lowest BCUT2D eigenvalue weighted by Crippen LogP contribution is -2.44. The summed E-state index contributed by atoms with van der Waals surface area (Å²) in [5.41, 5.74) is 0. The molecule has 106 valence electrons. The van der Waals surface area contributed by atoms with E-state index in [1.807, 2.05) is 6.07 Å². The zero-order valence-electron chi connectivity index (χ0n) is 11.2. The third kappa shape index (κ3) is 2.30. The molecule has 2 bridgehead atoms. The van der Waals surface area contributed by atoms with Crippen LogP contribution in [0.25, 0.3) is 0 Å². The van der Waals surface area contributed by atoms with Gasteiger partial charge in [-0.3, -0.25) is 0 Å². The van der Waals surface area contributed by atoms with Gasteiger partial charge in [0.2, 0.25) is 0 Å². The minimum atomic E-state index is 0.530. The molecule has 0 radical (unpaired) electrons. The average Bonchev–Trinajstić information content (AvgIpc) is 3.23. The number of hydrogen-bond acceptors (Lipinski definition) is 8. The first-order valence-corrected chi connectivity index (χ1v) is 7.58. The van der Waals surface area contributed by atoms with Crippen LogP contribution in [0.15, 0.2) is 18.6 Å². The molecule has 2 fully saturated rings. The minimum Gasteiger partial charge on any atom is -0.351 e. The Morgan fingerprint density at radius 2 is 2.38 bits per heavy atom. The fourth-order valence-corrected chi connectivity index (χ4v) is 3.53. The van der Waals surface area contributed by atoms with Crippen LogP contribution < -0.4 is 15.5 Å². The van der Waals surface area contributed by atoms with Gasteiger partial charge in [0.15, 0.2) is 5.13 Å². The summed E-state index contributed by atoms with van der Waals surface area (Å²) in [5.74, 6) is 1.65. The fraction of sp³-hybridized carbons (Fsp3) is 0.385. The van der Waals surface area contributed by atoms with Crippen LogP contribution in [0.5, 0.6) is 0 Å². The topological polar surface area (TPSA) is 89.8 Å². The van der Waals surface area contributed by atoms with Crippen molar-refractivity contribution in [2.24, 2.45) is 0 Å². The smallest absolute Gasteiger partial charge is 0.189 e. The minimum absolute atomic E-state index is 0.530. The van der Waals surface area contributed by atoms with Gasteiger partial charge in [-0.1, -0.05) is 11.3 Å². The molecule has 0 unspecified atom stereocenters. The van der Waals surface area contributed by atoms with Crippen LogP contribution in [0.3, 0.4) is 0 Å².